The molecule has 4 rings (SSSR count). The predicted molar refractivity (Wildman–Crippen MR) is 92.8 cm³/mol. The summed E-state index contributed by atoms with van der Waals surface area (Å²) in [5.74, 6) is 0. The molecule has 2 aromatic heterocycles. The van der Waals surface area contributed by atoms with Crippen molar-refractivity contribution in [3.8, 4) is 0 Å². The minimum Gasteiger partial charge on any atom is -0.357 e. The quantitative estimate of drug-likeness (QED) is 0.726. The molecule has 4 heteroatoms. The number of fused-ring (bicyclic) bond motifs is 3. The Bertz CT molecular complexity index is 795. The monoisotopic (exact) mass is 355 g/mol. The molecule has 0 unspecified atom stereocenters. The van der Waals surface area contributed by atoms with Gasteiger partial charge in [-0.1, -0.05) is 22.0 Å². The van der Waals surface area contributed by atoms with E-state index in [-0.39, 0.29) is 0 Å². The van der Waals surface area contributed by atoms with Crippen molar-refractivity contribution in [2.75, 3.05) is 0 Å². The molecule has 3 nitrogen and oxygen atoms in total. The Morgan fingerprint density at radius 1 is 1.27 bits per heavy atom. The maximum absolute atomic E-state index is 4.39. The molecular formula is C18H18BrN3. The van der Waals surface area contributed by atoms with Gasteiger partial charge < -0.3 is 10.3 Å². The van der Waals surface area contributed by atoms with Gasteiger partial charge in [0.1, 0.15) is 0 Å². The summed E-state index contributed by atoms with van der Waals surface area (Å²) in [6.07, 6.45) is 5.41. The van der Waals surface area contributed by atoms with Crippen LogP contribution in [0.1, 0.15) is 35.8 Å². The van der Waals surface area contributed by atoms with E-state index in [2.05, 4.69) is 55.5 Å². The second kappa shape index (κ2) is 5.86. The summed E-state index contributed by atoms with van der Waals surface area (Å²) in [5, 5.41) is 5.02. The van der Waals surface area contributed by atoms with Gasteiger partial charge in [0.05, 0.1) is 5.69 Å². The fraction of sp³-hybridized carbons (Fsp3) is 0.278. The fourth-order valence-electron chi connectivity index (χ4n) is 3.37. The van der Waals surface area contributed by atoms with E-state index >= 15 is 0 Å². The van der Waals surface area contributed by atoms with Gasteiger partial charge in [-0.3, -0.25) is 4.98 Å². The van der Waals surface area contributed by atoms with Crippen molar-refractivity contribution < 1.29 is 0 Å². The summed E-state index contributed by atoms with van der Waals surface area (Å²) in [7, 11) is 0. The Hall–Kier alpha value is -1.65. The number of aryl methyl sites for hydroxylation is 1. The molecular weight excluding hydrogens is 338 g/mol. The number of nitrogens with one attached hydrogen (secondary N) is 2. The summed E-state index contributed by atoms with van der Waals surface area (Å²) < 4.78 is 1.14. The standard InChI is InChI=1S/C18H18BrN3/c19-12-7-8-16-15(10-12)14-5-3-6-17(18(14)22-16)21-11-13-4-1-2-9-20-13/h1-2,4,7-10,17,21-22H,3,5-6,11H2/t17-/m1/s1. The van der Waals surface area contributed by atoms with Gasteiger partial charge in [0.15, 0.2) is 0 Å². The van der Waals surface area contributed by atoms with Crippen molar-refractivity contribution >= 4 is 26.8 Å². The van der Waals surface area contributed by atoms with Crippen LogP contribution in [0.4, 0.5) is 0 Å². The lowest BCUT2D eigenvalue weighted by atomic mass is 9.91. The van der Waals surface area contributed by atoms with Crippen molar-refractivity contribution in [1.82, 2.24) is 15.3 Å². The summed E-state index contributed by atoms with van der Waals surface area (Å²) in [6, 6.07) is 12.9. The highest BCUT2D eigenvalue weighted by Gasteiger charge is 2.23. The van der Waals surface area contributed by atoms with Gasteiger partial charge in [-0.25, -0.2) is 0 Å². The number of halogens is 1. The zero-order chi connectivity index (χ0) is 14.9. The SMILES string of the molecule is Brc1ccc2[nH]c3c(c2c1)CCC[C@H]3NCc1ccccn1. The molecule has 0 bridgehead atoms. The first-order chi connectivity index (χ1) is 10.8. The summed E-state index contributed by atoms with van der Waals surface area (Å²) in [5.41, 5.74) is 5.16. The van der Waals surface area contributed by atoms with E-state index in [4.69, 9.17) is 0 Å². The van der Waals surface area contributed by atoms with Gasteiger partial charge >= 0.3 is 0 Å². The number of nitrogens with zero attached hydrogens (tertiary/aromatic N) is 1. The Morgan fingerprint density at radius 3 is 3.09 bits per heavy atom. The van der Waals surface area contributed by atoms with Crippen LogP contribution in [0.15, 0.2) is 47.1 Å². The molecule has 0 fully saturated rings. The Labute approximate surface area is 138 Å². The molecule has 0 spiro atoms. The molecule has 2 heterocycles. The molecule has 0 amide bonds. The van der Waals surface area contributed by atoms with E-state index in [1.54, 1.807) is 0 Å². The number of aromatic amines is 1. The second-order valence-electron chi connectivity index (χ2n) is 5.85. The van der Waals surface area contributed by atoms with Crippen LogP contribution in [0.3, 0.4) is 0 Å². The highest BCUT2D eigenvalue weighted by atomic mass is 79.9. The third-order valence-corrected chi connectivity index (χ3v) is 4.92. The van der Waals surface area contributed by atoms with E-state index in [1.807, 2.05) is 18.3 Å². The van der Waals surface area contributed by atoms with Crippen LogP contribution >= 0.6 is 15.9 Å². The van der Waals surface area contributed by atoms with Crippen LogP contribution in [0.5, 0.6) is 0 Å². The third kappa shape index (κ3) is 2.57. The summed E-state index contributed by atoms with van der Waals surface area (Å²) in [4.78, 5) is 8.02. The largest absolute Gasteiger partial charge is 0.357 e. The fourth-order valence-corrected chi connectivity index (χ4v) is 3.73. The molecule has 0 saturated carbocycles. The van der Waals surface area contributed by atoms with Crippen molar-refractivity contribution in [3.63, 3.8) is 0 Å². The molecule has 3 aromatic rings. The molecule has 0 saturated heterocycles. The number of hydrogen-bond donors (Lipinski definition) is 2. The zero-order valence-corrected chi connectivity index (χ0v) is 13.9. The van der Waals surface area contributed by atoms with Crippen molar-refractivity contribution in [3.05, 3.63) is 64.0 Å². The first kappa shape index (κ1) is 14.0. The van der Waals surface area contributed by atoms with Crippen LogP contribution in [0, 0.1) is 0 Å². The highest BCUT2D eigenvalue weighted by Crippen LogP contribution is 2.35. The number of H-pyrrole nitrogens is 1. The predicted octanol–water partition coefficient (Wildman–Crippen LogP) is 4.49. The Morgan fingerprint density at radius 2 is 2.23 bits per heavy atom. The number of aromatic nitrogens is 2. The lowest BCUT2D eigenvalue weighted by Crippen LogP contribution is -2.25. The first-order valence-electron chi connectivity index (χ1n) is 7.74. The van der Waals surface area contributed by atoms with E-state index < -0.39 is 0 Å². The van der Waals surface area contributed by atoms with E-state index in [0.717, 1.165) is 23.1 Å². The number of rotatable bonds is 3. The maximum atomic E-state index is 4.39. The molecule has 0 aliphatic heterocycles. The minimum absolute atomic E-state index is 0.386. The average Bonchev–Trinajstić information content (AvgIpc) is 2.92. The normalized spacial score (nSPS) is 17.6. The van der Waals surface area contributed by atoms with Gasteiger partial charge in [-0.15, -0.1) is 0 Å². The third-order valence-electron chi connectivity index (χ3n) is 4.42. The molecule has 1 aromatic carbocycles. The molecule has 112 valence electrons. The van der Waals surface area contributed by atoms with Gasteiger partial charge in [-0.05, 0) is 55.2 Å². The van der Waals surface area contributed by atoms with Crippen LogP contribution in [0.2, 0.25) is 0 Å². The van der Waals surface area contributed by atoms with Gasteiger partial charge in [-0.2, -0.15) is 0 Å². The molecule has 2 N–H and O–H groups in total. The molecule has 1 atom stereocenters. The van der Waals surface area contributed by atoms with Gasteiger partial charge in [0, 0.05) is 39.9 Å². The van der Waals surface area contributed by atoms with E-state index in [9.17, 15) is 0 Å². The van der Waals surface area contributed by atoms with Crippen LogP contribution in [0.25, 0.3) is 10.9 Å². The van der Waals surface area contributed by atoms with Crippen molar-refractivity contribution in [2.45, 2.75) is 31.8 Å². The molecule has 1 aliphatic rings. The first-order valence-corrected chi connectivity index (χ1v) is 8.54. The lowest BCUT2D eigenvalue weighted by molar-refractivity contribution is 0.450. The molecule has 0 radical (unpaired) electrons. The minimum atomic E-state index is 0.386. The molecule has 1 aliphatic carbocycles. The highest BCUT2D eigenvalue weighted by molar-refractivity contribution is 9.10. The zero-order valence-electron chi connectivity index (χ0n) is 12.3. The average molecular weight is 356 g/mol. The Kier molecular flexibility index (Phi) is 3.72. The van der Waals surface area contributed by atoms with Crippen LogP contribution in [-0.4, -0.2) is 9.97 Å². The van der Waals surface area contributed by atoms with E-state index in [0.29, 0.717) is 6.04 Å². The maximum Gasteiger partial charge on any atom is 0.0541 e. The van der Waals surface area contributed by atoms with Gasteiger partial charge in [0.2, 0.25) is 0 Å². The number of benzene rings is 1. The van der Waals surface area contributed by atoms with Crippen LogP contribution in [-0.2, 0) is 13.0 Å². The van der Waals surface area contributed by atoms with E-state index in [1.165, 1.54) is 35.0 Å². The molecule has 22 heavy (non-hydrogen) atoms. The summed E-state index contributed by atoms with van der Waals surface area (Å²) >= 11 is 3.58. The van der Waals surface area contributed by atoms with Crippen molar-refractivity contribution in [2.24, 2.45) is 0 Å². The topological polar surface area (TPSA) is 40.7 Å². The van der Waals surface area contributed by atoms with Crippen molar-refractivity contribution in [1.29, 1.82) is 0 Å². The smallest absolute Gasteiger partial charge is 0.0541 e. The van der Waals surface area contributed by atoms with Gasteiger partial charge in [0.25, 0.3) is 0 Å². The number of hydrogen-bond acceptors (Lipinski definition) is 2. The number of pyridine rings is 1. The second-order valence-corrected chi connectivity index (χ2v) is 6.77. The lowest BCUT2D eigenvalue weighted by Gasteiger charge is -2.23. The van der Waals surface area contributed by atoms with Crippen LogP contribution < -0.4 is 5.32 Å². The summed E-state index contributed by atoms with van der Waals surface area (Å²) in [6.45, 7) is 0.810. The Balaban J connectivity index is 1.63.